The molecule has 4 nitrogen and oxygen atoms in total. The molecule has 3 rings (SSSR count). The van der Waals surface area contributed by atoms with Gasteiger partial charge in [0.05, 0.1) is 12.3 Å². The SMILES string of the molecule is CC(=O)CCCNC(=O)c1ccc(C2=NCc3ccccc32)cc1. The van der Waals surface area contributed by atoms with Crippen LogP contribution in [0, 0.1) is 0 Å². The predicted octanol–water partition coefficient (Wildman–Crippen LogP) is 3.14. The highest BCUT2D eigenvalue weighted by molar-refractivity contribution is 6.15. The number of carbonyl (C=O) groups is 2. The van der Waals surface area contributed by atoms with Gasteiger partial charge >= 0.3 is 0 Å². The zero-order chi connectivity index (χ0) is 16.9. The van der Waals surface area contributed by atoms with E-state index in [4.69, 9.17) is 0 Å². The summed E-state index contributed by atoms with van der Waals surface area (Å²) >= 11 is 0. The van der Waals surface area contributed by atoms with E-state index in [0.717, 1.165) is 11.3 Å². The van der Waals surface area contributed by atoms with Crippen molar-refractivity contribution in [3.63, 3.8) is 0 Å². The molecular weight excluding hydrogens is 300 g/mol. The molecule has 0 aliphatic carbocycles. The number of benzene rings is 2. The van der Waals surface area contributed by atoms with Gasteiger partial charge in [-0.15, -0.1) is 0 Å². The quantitative estimate of drug-likeness (QED) is 0.831. The molecule has 0 spiro atoms. The van der Waals surface area contributed by atoms with E-state index in [9.17, 15) is 9.59 Å². The van der Waals surface area contributed by atoms with Crippen molar-refractivity contribution >= 4 is 17.4 Å². The summed E-state index contributed by atoms with van der Waals surface area (Å²) in [6.45, 7) is 2.79. The molecule has 0 saturated carbocycles. The lowest BCUT2D eigenvalue weighted by Crippen LogP contribution is -2.24. The maximum absolute atomic E-state index is 12.1. The van der Waals surface area contributed by atoms with Crippen LogP contribution in [0.25, 0.3) is 0 Å². The van der Waals surface area contributed by atoms with Crippen molar-refractivity contribution in [1.29, 1.82) is 0 Å². The fraction of sp³-hybridized carbons (Fsp3) is 0.250. The number of nitrogens with one attached hydrogen (secondary N) is 1. The first-order chi connectivity index (χ1) is 11.6. The van der Waals surface area contributed by atoms with E-state index >= 15 is 0 Å². The summed E-state index contributed by atoms with van der Waals surface area (Å²) in [5.41, 5.74) is 5.03. The number of fused-ring (bicyclic) bond motifs is 1. The number of hydrogen-bond donors (Lipinski definition) is 1. The third-order valence-electron chi connectivity index (χ3n) is 4.09. The molecule has 24 heavy (non-hydrogen) atoms. The zero-order valence-electron chi connectivity index (χ0n) is 13.7. The first-order valence-electron chi connectivity index (χ1n) is 8.16. The van der Waals surface area contributed by atoms with Gasteiger partial charge in [-0.05, 0) is 31.0 Å². The predicted molar refractivity (Wildman–Crippen MR) is 94.5 cm³/mol. The summed E-state index contributed by atoms with van der Waals surface area (Å²) in [4.78, 5) is 27.6. The zero-order valence-corrected chi connectivity index (χ0v) is 13.7. The van der Waals surface area contributed by atoms with Crippen LogP contribution < -0.4 is 5.32 Å². The molecule has 1 heterocycles. The molecule has 0 unspecified atom stereocenters. The molecule has 1 N–H and O–H groups in total. The van der Waals surface area contributed by atoms with Crippen LogP contribution in [0.2, 0.25) is 0 Å². The number of rotatable bonds is 6. The lowest BCUT2D eigenvalue weighted by atomic mass is 9.99. The fourth-order valence-electron chi connectivity index (χ4n) is 2.81. The minimum atomic E-state index is -0.112. The van der Waals surface area contributed by atoms with E-state index in [1.807, 2.05) is 36.4 Å². The molecule has 0 atom stereocenters. The number of hydrogen-bond acceptors (Lipinski definition) is 3. The topological polar surface area (TPSA) is 58.5 Å². The van der Waals surface area contributed by atoms with Crippen LogP contribution in [0.5, 0.6) is 0 Å². The van der Waals surface area contributed by atoms with Crippen molar-refractivity contribution in [2.45, 2.75) is 26.3 Å². The number of Topliss-reactive ketones (excluding diaryl/α,β-unsaturated/α-hetero) is 1. The molecule has 2 aromatic carbocycles. The molecule has 122 valence electrons. The van der Waals surface area contributed by atoms with Gasteiger partial charge in [0.1, 0.15) is 5.78 Å². The van der Waals surface area contributed by atoms with E-state index in [1.165, 1.54) is 11.1 Å². The first kappa shape index (κ1) is 16.1. The van der Waals surface area contributed by atoms with E-state index in [2.05, 4.69) is 22.4 Å². The van der Waals surface area contributed by atoms with Gasteiger partial charge in [-0.3, -0.25) is 9.79 Å². The van der Waals surface area contributed by atoms with Crippen LogP contribution in [-0.2, 0) is 11.3 Å². The molecule has 0 fully saturated rings. The highest BCUT2D eigenvalue weighted by atomic mass is 16.1. The molecular formula is C20H20N2O2. The molecule has 4 heteroatoms. The third kappa shape index (κ3) is 3.59. The molecule has 0 aromatic heterocycles. The van der Waals surface area contributed by atoms with Gasteiger partial charge in [0.15, 0.2) is 0 Å². The summed E-state index contributed by atoms with van der Waals surface area (Å²) in [6, 6.07) is 15.7. The molecule has 0 bridgehead atoms. The van der Waals surface area contributed by atoms with E-state index in [-0.39, 0.29) is 11.7 Å². The molecule has 2 aromatic rings. The van der Waals surface area contributed by atoms with Gasteiger partial charge < -0.3 is 10.1 Å². The largest absolute Gasteiger partial charge is 0.352 e. The van der Waals surface area contributed by atoms with E-state index in [1.54, 1.807) is 6.92 Å². The Balaban J connectivity index is 1.64. The van der Waals surface area contributed by atoms with E-state index < -0.39 is 0 Å². The minimum Gasteiger partial charge on any atom is -0.352 e. The number of ketones is 1. The average molecular weight is 320 g/mol. The van der Waals surface area contributed by atoms with Crippen LogP contribution in [0.3, 0.4) is 0 Å². The van der Waals surface area contributed by atoms with Crippen molar-refractivity contribution < 1.29 is 9.59 Å². The Hall–Kier alpha value is -2.75. The summed E-state index contributed by atoms with van der Waals surface area (Å²) < 4.78 is 0. The van der Waals surface area contributed by atoms with Gasteiger partial charge in [0.25, 0.3) is 5.91 Å². The van der Waals surface area contributed by atoms with Gasteiger partial charge in [-0.25, -0.2) is 0 Å². The fourth-order valence-corrected chi connectivity index (χ4v) is 2.81. The molecule has 1 amide bonds. The summed E-state index contributed by atoms with van der Waals surface area (Å²) in [5, 5.41) is 2.84. The van der Waals surface area contributed by atoms with Gasteiger partial charge in [0.2, 0.25) is 0 Å². The van der Waals surface area contributed by atoms with Crippen LogP contribution in [0.15, 0.2) is 53.5 Å². The van der Waals surface area contributed by atoms with Gasteiger partial charge in [-0.1, -0.05) is 36.4 Å². The van der Waals surface area contributed by atoms with Gasteiger partial charge in [0, 0.05) is 29.7 Å². The lowest BCUT2D eigenvalue weighted by Gasteiger charge is -2.07. The van der Waals surface area contributed by atoms with Crippen molar-refractivity contribution in [3.8, 4) is 0 Å². The Morgan fingerprint density at radius 2 is 1.83 bits per heavy atom. The molecule has 0 radical (unpaired) electrons. The van der Waals surface area contributed by atoms with Crippen molar-refractivity contribution in [1.82, 2.24) is 5.32 Å². The Morgan fingerprint density at radius 3 is 2.58 bits per heavy atom. The van der Waals surface area contributed by atoms with E-state index in [0.29, 0.717) is 31.5 Å². The van der Waals surface area contributed by atoms with Gasteiger partial charge in [-0.2, -0.15) is 0 Å². The smallest absolute Gasteiger partial charge is 0.251 e. The second-order valence-corrected chi connectivity index (χ2v) is 5.96. The van der Waals surface area contributed by atoms with Crippen LogP contribution in [0.1, 0.15) is 46.8 Å². The Kier molecular flexibility index (Phi) is 4.85. The highest BCUT2D eigenvalue weighted by Gasteiger charge is 2.16. The average Bonchev–Trinajstić information content (AvgIpc) is 3.02. The lowest BCUT2D eigenvalue weighted by molar-refractivity contribution is -0.117. The number of aliphatic imine (C=N–C) groups is 1. The minimum absolute atomic E-state index is 0.112. The van der Waals surface area contributed by atoms with Crippen molar-refractivity contribution in [2.24, 2.45) is 4.99 Å². The summed E-state index contributed by atoms with van der Waals surface area (Å²) in [6.07, 6.45) is 1.17. The summed E-state index contributed by atoms with van der Waals surface area (Å²) in [7, 11) is 0. The highest BCUT2D eigenvalue weighted by Crippen LogP contribution is 2.22. The first-order valence-corrected chi connectivity index (χ1v) is 8.16. The maximum Gasteiger partial charge on any atom is 0.251 e. The van der Waals surface area contributed by atoms with Crippen LogP contribution in [-0.4, -0.2) is 23.9 Å². The number of amides is 1. The third-order valence-corrected chi connectivity index (χ3v) is 4.09. The molecule has 1 aliphatic heterocycles. The normalized spacial score (nSPS) is 12.5. The number of nitrogens with zero attached hydrogens (tertiary/aromatic N) is 1. The molecule has 0 saturated heterocycles. The maximum atomic E-state index is 12.1. The Bertz CT molecular complexity index is 792. The van der Waals surface area contributed by atoms with Crippen molar-refractivity contribution in [3.05, 3.63) is 70.8 Å². The van der Waals surface area contributed by atoms with Crippen LogP contribution in [0.4, 0.5) is 0 Å². The number of carbonyl (C=O) groups excluding carboxylic acids is 2. The standard InChI is InChI=1S/C20H20N2O2/c1-14(23)5-4-12-21-20(24)16-10-8-15(9-11-16)19-18-7-3-2-6-17(18)13-22-19/h2-3,6-11H,4-5,12-13H2,1H3,(H,21,24). The molecule has 1 aliphatic rings. The summed E-state index contributed by atoms with van der Waals surface area (Å²) in [5.74, 6) is 0.0325. The van der Waals surface area contributed by atoms with Crippen LogP contribution >= 0.6 is 0 Å². The monoisotopic (exact) mass is 320 g/mol. The Labute approximate surface area is 141 Å². The Morgan fingerprint density at radius 1 is 1.08 bits per heavy atom. The van der Waals surface area contributed by atoms with Crippen molar-refractivity contribution in [2.75, 3.05) is 6.54 Å². The second-order valence-electron chi connectivity index (χ2n) is 5.96. The second kappa shape index (κ2) is 7.21.